The number of hydrogen-bond acceptors (Lipinski definition) is 3. The maximum Gasteiger partial charge on any atom is 0.368 e. The molecule has 0 saturated heterocycles. The van der Waals surface area contributed by atoms with E-state index in [4.69, 9.17) is 4.89 Å². The first-order chi connectivity index (χ1) is 6.72. The van der Waals surface area contributed by atoms with E-state index in [-0.39, 0.29) is 0 Å². The molecule has 82 valence electrons. The van der Waals surface area contributed by atoms with E-state index in [0.29, 0.717) is 18.6 Å². The van der Waals surface area contributed by atoms with Crippen LogP contribution in [0.15, 0.2) is 12.2 Å². The number of carbonyl (C=O) groups is 1. The quantitative estimate of drug-likeness (QED) is 0.261. The molecule has 0 spiro atoms. The molecule has 0 aromatic rings. The Kier molecular flexibility index (Phi) is 8.24. The van der Waals surface area contributed by atoms with Crippen molar-refractivity contribution < 1.29 is 14.6 Å². The van der Waals surface area contributed by atoms with E-state index in [1.807, 2.05) is 6.92 Å². The van der Waals surface area contributed by atoms with Crippen LogP contribution in [0.4, 0.5) is 0 Å². The average Bonchev–Trinajstić information content (AvgIpc) is 2.20. The SMILES string of the molecule is C=C(CCCC)C(=O)OOCCCC. The molecule has 3 nitrogen and oxygen atoms in total. The van der Waals surface area contributed by atoms with Crippen LogP contribution in [-0.2, 0) is 14.6 Å². The van der Waals surface area contributed by atoms with Crippen molar-refractivity contribution in [1.29, 1.82) is 0 Å². The molecule has 0 fully saturated rings. The minimum Gasteiger partial charge on any atom is -0.293 e. The van der Waals surface area contributed by atoms with Crippen molar-refractivity contribution in [2.24, 2.45) is 0 Å². The highest BCUT2D eigenvalue weighted by molar-refractivity contribution is 5.87. The van der Waals surface area contributed by atoms with E-state index in [1.54, 1.807) is 0 Å². The van der Waals surface area contributed by atoms with Crippen LogP contribution >= 0.6 is 0 Å². The van der Waals surface area contributed by atoms with E-state index in [0.717, 1.165) is 25.7 Å². The van der Waals surface area contributed by atoms with E-state index >= 15 is 0 Å². The molecule has 0 atom stereocenters. The van der Waals surface area contributed by atoms with Crippen molar-refractivity contribution >= 4 is 5.97 Å². The highest BCUT2D eigenvalue weighted by atomic mass is 17.2. The van der Waals surface area contributed by atoms with E-state index in [9.17, 15) is 4.79 Å². The highest BCUT2D eigenvalue weighted by Gasteiger charge is 2.08. The van der Waals surface area contributed by atoms with Crippen molar-refractivity contribution in [1.82, 2.24) is 0 Å². The van der Waals surface area contributed by atoms with Gasteiger partial charge < -0.3 is 0 Å². The van der Waals surface area contributed by atoms with Crippen molar-refractivity contribution in [3.63, 3.8) is 0 Å². The summed E-state index contributed by atoms with van der Waals surface area (Å²) < 4.78 is 0. The van der Waals surface area contributed by atoms with Crippen molar-refractivity contribution in [2.45, 2.75) is 46.0 Å². The summed E-state index contributed by atoms with van der Waals surface area (Å²) in [5, 5.41) is 0. The molecule has 0 saturated carbocycles. The van der Waals surface area contributed by atoms with Gasteiger partial charge in [0.05, 0.1) is 6.61 Å². The van der Waals surface area contributed by atoms with Crippen molar-refractivity contribution in [3.8, 4) is 0 Å². The standard InChI is InChI=1S/C11H20O3/c1-4-6-8-10(3)11(12)14-13-9-7-5-2/h3-9H2,1-2H3. The van der Waals surface area contributed by atoms with Gasteiger partial charge in [0.15, 0.2) is 0 Å². The van der Waals surface area contributed by atoms with Gasteiger partial charge in [0.1, 0.15) is 0 Å². The van der Waals surface area contributed by atoms with Gasteiger partial charge in [-0.15, -0.1) is 0 Å². The Morgan fingerprint density at radius 3 is 2.43 bits per heavy atom. The number of unbranched alkanes of at least 4 members (excludes halogenated alkanes) is 2. The molecule has 0 unspecified atom stereocenters. The van der Waals surface area contributed by atoms with Crippen LogP contribution in [0.3, 0.4) is 0 Å². The summed E-state index contributed by atoms with van der Waals surface area (Å²) in [6.07, 6.45) is 4.61. The van der Waals surface area contributed by atoms with Gasteiger partial charge in [-0.1, -0.05) is 33.3 Å². The summed E-state index contributed by atoms with van der Waals surface area (Å²) >= 11 is 0. The molecule has 0 radical (unpaired) electrons. The van der Waals surface area contributed by atoms with Crippen LogP contribution in [-0.4, -0.2) is 12.6 Å². The lowest BCUT2D eigenvalue weighted by atomic mass is 10.1. The average molecular weight is 200 g/mol. The molecule has 0 heterocycles. The van der Waals surface area contributed by atoms with Gasteiger partial charge in [-0.3, -0.25) is 4.89 Å². The lowest BCUT2D eigenvalue weighted by Gasteiger charge is -2.04. The largest absolute Gasteiger partial charge is 0.368 e. The maximum atomic E-state index is 11.2. The fourth-order valence-electron chi connectivity index (χ4n) is 0.850. The van der Waals surface area contributed by atoms with Gasteiger partial charge in [-0.2, -0.15) is 4.89 Å². The van der Waals surface area contributed by atoms with Gasteiger partial charge in [0, 0.05) is 5.57 Å². The highest BCUT2D eigenvalue weighted by Crippen LogP contribution is 2.06. The first kappa shape index (κ1) is 13.2. The Morgan fingerprint density at radius 1 is 1.21 bits per heavy atom. The lowest BCUT2D eigenvalue weighted by Crippen LogP contribution is -2.08. The predicted molar refractivity (Wildman–Crippen MR) is 55.6 cm³/mol. The first-order valence-electron chi connectivity index (χ1n) is 5.23. The summed E-state index contributed by atoms with van der Waals surface area (Å²) in [5.41, 5.74) is 0.489. The van der Waals surface area contributed by atoms with Gasteiger partial charge in [-0.05, 0) is 19.3 Å². The molecule has 0 N–H and O–H groups in total. The zero-order valence-electron chi connectivity index (χ0n) is 9.17. The molecule has 0 aliphatic carbocycles. The van der Waals surface area contributed by atoms with Crippen LogP contribution in [0.1, 0.15) is 46.0 Å². The summed E-state index contributed by atoms with van der Waals surface area (Å²) in [4.78, 5) is 20.5. The first-order valence-corrected chi connectivity index (χ1v) is 5.23. The smallest absolute Gasteiger partial charge is 0.293 e. The minimum absolute atomic E-state index is 0.436. The Hall–Kier alpha value is -0.830. The summed E-state index contributed by atoms with van der Waals surface area (Å²) in [6.45, 7) is 8.21. The molecule has 14 heavy (non-hydrogen) atoms. The fourth-order valence-corrected chi connectivity index (χ4v) is 0.850. The lowest BCUT2D eigenvalue weighted by molar-refractivity contribution is -0.268. The Morgan fingerprint density at radius 2 is 1.86 bits per heavy atom. The zero-order valence-corrected chi connectivity index (χ0v) is 9.17. The van der Waals surface area contributed by atoms with Gasteiger partial charge >= 0.3 is 5.97 Å². The summed E-state index contributed by atoms with van der Waals surface area (Å²) in [6, 6.07) is 0. The third-order valence-electron chi connectivity index (χ3n) is 1.84. The minimum atomic E-state index is -0.436. The van der Waals surface area contributed by atoms with Crippen molar-refractivity contribution in [3.05, 3.63) is 12.2 Å². The third kappa shape index (κ3) is 6.66. The molecule has 0 amide bonds. The van der Waals surface area contributed by atoms with Gasteiger partial charge in [-0.25, -0.2) is 4.79 Å². The normalized spacial score (nSPS) is 9.86. The maximum absolute atomic E-state index is 11.2. The second kappa shape index (κ2) is 8.75. The summed E-state index contributed by atoms with van der Waals surface area (Å²) in [7, 11) is 0. The third-order valence-corrected chi connectivity index (χ3v) is 1.84. The Bertz CT molecular complexity index is 175. The number of carbonyl (C=O) groups excluding carboxylic acids is 1. The molecule has 0 aromatic carbocycles. The fraction of sp³-hybridized carbons (Fsp3) is 0.727. The van der Waals surface area contributed by atoms with E-state index in [2.05, 4.69) is 18.4 Å². The van der Waals surface area contributed by atoms with E-state index in [1.165, 1.54) is 0 Å². The molecule has 0 aliphatic heterocycles. The number of hydrogen-bond donors (Lipinski definition) is 0. The van der Waals surface area contributed by atoms with Crippen molar-refractivity contribution in [2.75, 3.05) is 6.61 Å². The van der Waals surface area contributed by atoms with Crippen LogP contribution < -0.4 is 0 Å². The van der Waals surface area contributed by atoms with Crippen LogP contribution in [0, 0.1) is 0 Å². The summed E-state index contributed by atoms with van der Waals surface area (Å²) in [5.74, 6) is -0.436. The molecular weight excluding hydrogens is 180 g/mol. The molecule has 3 heteroatoms. The van der Waals surface area contributed by atoms with Crippen LogP contribution in [0.25, 0.3) is 0 Å². The Balaban J connectivity index is 3.47. The predicted octanol–water partition coefficient (Wildman–Crippen LogP) is 3.01. The molecule has 0 rings (SSSR count). The second-order valence-electron chi connectivity index (χ2n) is 3.25. The molecule has 0 bridgehead atoms. The topological polar surface area (TPSA) is 35.5 Å². The number of rotatable bonds is 8. The van der Waals surface area contributed by atoms with Crippen LogP contribution in [0.2, 0.25) is 0 Å². The molecule has 0 aliphatic rings. The van der Waals surface area contributed by atoms with Crippen LogP contribution in [0.5, 0.6) is 0 Å². The van der Waals surface area contributed by atoms with Gasteiger partial charge in [0.2, 0.25) is 0 Å². The van der Waals surface area contributed by atoms with Gasteiger partial charge in [0.25, 0.3) is 0 Å². The zero-order chi connectivity index (χ0) is 10.8. The second-order valence-corrected chi connectivity index (χ2v) is 3.25. The molecule has 0 aromatic heterocycles. The monoisotopic (exact) mass is 200 g/mol. The molecular formula is C11H20O3. The van der Waals surface area contributed by atoms with E-state index < -0.39 is 5.97 Å². The Labute approximate surface area is 86.0 Å².